The second-order valence-electron chi connectivity index (χ2n) is 4.95. The number of pyridine rings is 1. The fourth-order valence-electron chi connectivity index (χ4n) is 1.83. The van der Waals surface area contributed by atoms with Crippen LogP contribution < -0.4 is 5.73 Å². The van der Waals surface area contributed by atoms with Crippen molar-refractivity contribution < 1.29 is 0 Å². The highest BCUT2D eigenvalue weighted by Gasteiger charge is 2.07. The average Bonchev–Trinajstić information content (AvgIpc) is 2.44. The Morgan fingerprint density at radius 3 is 2.80 bits per heavy atom. The first kappa shape index (κ1) is 14.5. The largest absolute Gasteiger partial charge is 0.397 e. The molecule has 0 fully saturated rings. The quantitative estimate of drug-likeness (QED) is 0.681. The van der Waals surface area contributed by atoms with Crippen LogP contribution in [0.5, 0.6) is 0 Å². The smallest absolute Gasteiger partial charge is 0.0811 e. The molecule has 2 N–H and O–H groups in total. The Bertz CT molecular complexity index is 607. The Balaban J connectivity index is 2.20. The average molecular weight is 288 g/mol. The molecule has 0 saturated carbocycles. The van der Waals surface area contributed by atoms with Crippen LogP contribution in [0.4, 0.5) is 5.69 Å². The maximum atomic E-state index is 6.16. The van der Waals surface area contributed by atoms with Crippen molar-refractivity contribution in [2.45, 2.75) is 26.3 Å². The summed E-state index contributed by atoms with van der Waals surface area (Å²) in [7, 11) is 0. The van der Waals surface area contributed by atoms with Crippen molar-refractivity contribution in [1.82, 2.24) is 4.98 Å². The third kappa shape index (κ3) is 3.58. The van der Waals surface area contributed by atoms with E-state index in [4.69, 9.17) is 17.3 Å². The third-order valence-electron chi connectivity index (χ3n) is 3.06. The second-order valence-corrected chi connectivity index (χ2v) is 5.36. The summed E-state index contributed by atoms with van der Waals surface area (Å²) in [5.74, 6) is 0.399. The van der Waals surface area contributed by atoms with Gasteiger partial charge in [0.15, 0.2) is 0 Å². The van der Waals surface area contributed by atoms with Crippen molar-refractivity contribution in [1.29, 1.82) is 0 Å². The third-order valence-corrected chi connectivity index (χ3v) is 3.37. The molecular weight excluding hydrogens is 270 g/mol. The van der Waals surface area contributed by atoms with E-state index >= 15 is 0 Å². The normalized spacial score (nSPS) is 11.4. The van der Waals surface area contributed by atoms with Crippen LogP contribution in [0.1, 0.15) is 36.6 Å². The van der Waals surface area contributed by atoms with E-state index in [9.17, 15) is 0 Å². The van der Waals surface area contributed by atoms with Gasteiger partial charge in [-0.1, -0.05) is 31.5 Å². The highest BCUT2D eigenvalue weighted by atomic mass is 35.5. The number of hydrogen-bond donors (Lipinski definition) is 1. The molecule has 0 aliphatic heterocycles. The molecule has 1 heterocycles. The van der Waals surface area contributed by atoms with E-state index in [0.29, 0.717) is 23.2 Å². The van der Waals surface area contributed by atoms with Crippen LogP contribution in [0.3, 0.4) is 0 Å². The minimum absolute atomic E-state index is 0.399. The number of rotatable bonds is 4. The maximum absolute atomic E-state index is 6.16. The number of aliphatic imine (C=N–C) groups is 1. The Morgan fingerprint density at radius 1 is 1.35 bits per heavy atom. The second kappa shape index (κ2) is 6.53. The van der Waals surface area contributed by atoms with Gasteiger partial charge in [0.2, 0.25) is 0 Å². The topological polar surface area (TPSA) is 51.3 Å². The monoisotopic (exact) mass is 287 g/mol. The van der Waals surface area contributed by atoms with Gasteiger partial charge in [-0.25, -0.2) is 0 Å². The van der Waals surface area contributed by atoms with Crippen LogP contribution in [-0.4, -0.2) is 11.2 Å². The number of halogens is 1. The van der Waals surface area contributed by atoms with E-state index in [2.05, 4.69) is 23.8 Å². The van der Waals surface area contributed by atoms with Gasteiger partial charge in [-0.3, -0.25) is 9.98 Å². The summed E-state index contributed by atoms with van der Waals surface area (Å²) in [5, 5.41) is 0.579. The van der Waals surface area contributed by atoms with Crippen LogP contribution in [0, 0.1) is 0 Å². The lowest BCUT2D eigenvalue weighted by Crippen LogP contribution is -1.98. The van der Waals surface area contributed by atoms with E-state index in [0.717, 1.165) is 16.8 Å². The fourth-order valence-corrected chi connectivity index (χ4v) is 2.07. The molecule has 0 unspecified atom stereocenters. The van der Waals surface area contributed by atoms with E-state index in [1.807, 2.05) is 30.3 Å². The summed E-state index contributed by atoms with van der Waals surface area (Å²) in [6, 6.07) is 9.73. The molecule has 104 valence electrons. The van der Waals surface area contributed by atoms with Gasteiger partial charge < -0.3 is 5.73 Å². The summed E-state index contributed by atoms with van der Waals surface area (Å²) in [5.41, 5.74) is 9.50. The Hall–Kier alpha value is -1.87. The Kier molecular flexibility index (Phi) is 4.74. The summed E-state index contributed by atoms with van der Waals surface area (Å²) in [4.78, 5) is 8.61. The van der Waals surface area contributed by atoms with Gasteiger partial charge in [-0.05, 0) is 35.7 Å². The molecule has 1 aromatic carbocycles. The molecule has 0 atom stereocenters. The van der Waals surface area contributed by atoms with Gasteiger partial charge >= 0.3 is 0 Å². The molecule has 2 aromatic rings. The molecule has 3 nitrogen and oxygen atoms in total. The minimum Gasteiger partial charge on any atom is -0.397 e. The molecule has 1 aromatic heterocycles. The van der Waals surface area contributed by atoms with E-state index in [-0.39, 0.29) is 0 Å². The summed E-state index contributed by atoms with van der Waals surface area (Å²) >= 11 is 6.16. The van der Waals surface area contributed by atoms with Gasteiger partial charge in [0.1, 0.15) is 0 Å². The van der Waals surface area contributed by atoms with Gasteiger partial charge in [-0.2, -0.15) is 0 Å². The van der Waals surface area contributed by atoms with Crippen molar-refractivity contribution in [2.24, 2.45) is 4.99 Å². The molecule has 0 amide bonds. The van der Waals surface area contributed by atoms with Gasteiger partial charge in [0.25, 0.3) is 0 Å². The number of aromatic nitrogens is 1. The van der Waals surface area contributed by atoms with Gasteiger partial charge in [-0.15, -0.1) is 0 Å². The van der Waals surface area contributed by atoms with Crippen LogP contribution in [0.2, 0.25) is 5.02 Å². The molecule has 2 rings (SSSR count). The standard InChI is InChI=1S/C16H18ClN3/c1-11(2)12-7-13(16(18)15(17)8-12)9-19-10-14-5-3-4-6-20-14/h3-9,11H,10,18H2,1-2H3. The number of benzene rings is 1. The highest BCUT2D eigenvalue weighted by molar-refractivity contribution is 6.33. The lowest BCUT2D eigenvalue weighted by molar-refractivity contribution is 0.866. The highest BCUT2D eigenvalue weighted by Crippen LogP contribution is 2.27. The van der Waals surface area contributed by atoms with Crippen LogP contribution in [0.25, 0.3) is 0 Å². The lowest BCUT2D eigenvalue weighted by atomic mass is 10.00. The molecule has 0 spiro atoms. The number of anilines is 1. The zero-order valence-corrected chi connectivity index (χ0v) is 12.4. The van der Waals surface area contributed by atoms with Crippen molar-refractivity contribution in [3.05, 3.63) is 58.4 Å². The van der Waals surface area contributed by atoms with Crippen molar-refractivity contribution in [2.75, 3.05) is 5.73 Å². The Labute approximate surface area is 124 Å². The molecule has 4 heteroatoms. The van der Waals surface area contributed by atoms with E-state index in [1.165, 1.54) is 0 Å². The number of nitrogen functional groups attached to an aromatic ring is 1. The summed E-state index contributed by atoms with van der Waals surface area (Å²) < 4.78 is 0. The molecule has 0 radical (unpaired) electrons. The maximum Gasteiger partial charge on any atom is 0.0811 e. The zero-order chi connectivity index (χ0) is 14.5. The van der Waals surface area contributed by atoms with Crippen LogP contribution in [-0.2, 0) is 6.54 Å². The first-order valence-electron chi connectivity index (χ1n) is 6.56. The number of hydrogen-bond acceptors (Lipinski definition) is 3. The van der Waals surface area contributed by atoms with Crippen molar-refractivity contribution in [3.8, 4) is 0 Å². The molecule has 0 saturated heterocycles. The molecule has 0 aliphatic rings. The predicted octanol–water partition coefficient (Wildman–Crippen LogP) is 4.06. The SMILES string of the molecule is CC(C)c1cc(Cl)c(N)c(C=NCc2ccccn2)c1. The first-order chi connectivity index (χ1) is 9.58. The molecule has 0 aliphatic carbocycles. The minimum atomic E-state index is 0.399. The zero-order valence-electron chi connectivity index (χ0n) is 11.7. The van der Waals surface area contributed by atoms with E-state index < -0.39 is 0 Å². The molecular formula is C16H18ClN3. The first-order valence-corrected chi connectivity index (χ1v) is 6.94. The summed E-state index contributed by atoms with van der Waals surface area (Å²) in [6.07, 6.45) is 3.53. The van der Waals surface area contributed by atoms with Crippen LogP contribution >= 0.6 is 11.6 Å². The van der Waals surface area contributed by atoms with Gasteiger partial charge in [0, 0.05) is 18.0 Å². The van der Waals surface area contributed by atoms with Crippen molar-refractivity contribution in [3.63, 3.8) is 0 Å². The molecule has 20 heavy (non-hydrogen) atoms. The Morgan fingerprint density at radius 2 is 2.15 bits per heavy atom. The predicted molar refractivity (Wildman–Crippen MR) is 85.5 cm³/mol. The number of nitrogens with two attached hydrogens (primary N) is 1. The van der Waals surface area contributed by atoms with Crippen molar-refractivity contribution >= 4 is 23.5 Å². The lowest BCUT2D eigenvalue weighted by Gasteiger charge is -2.10. The van der Waals surface area contributed by atoms with Crippen LogP contribution in [0.15, 0.2) is 41.5 Å². The molecule has 0 bridgehead atoms. The fraction of sp³-hybridized carbons (Fsp3) is 0.250. The van der Waals surface area contributed by atoms with Gasteiger partial charge in [0.05, 0.1) is 22.9 Å². The van der Waals surface area contributed by atoms with E-state index in [1.54, 1.807) is 12.4 Å². The summed E-state index contributed by atoms with van der Waals surface area (Å²) in [6.45, 7) is 4.77. The number of nitrogens with zero attached hydrogens (tertiary/aromatic N) is 2.